The fourth-order valence-electron chi connectivity index (χ4n) is 0.354. The molecule has 8 heavy (non-hydrogen) atoms. The van der Waals surface area contributed by atoms with Crippen LogP contribution in [0, 0.1) is 0 Å². The number of hydrogen-bond acceptors (Lipinski definition) is 0. The van der Waals surface area contributed by atoms with E-state index in [-0.39, 0.29) is 40.5 Å². The summed E-state index contributed by atoms with van der Waals surface area (Å²) in [7, 11) is 2.21. The molecule has 0 aliphatic rings. The van der Waals surface area contributed by atoms with Crippen molar-refractivity contribution in [3.05, 3.63) is 0 Å². The van der Waals surface area contributed by atoms with Crippen LogP contribution in [-0.2, 0) is 0 Å². The Bertz CT molecular complexity index is 21.5. The van der Waals surface area contributed by atoms with Crippen molar-refractivity contribution in [1.82, 2.24) is 0 Å². The fourth-order valence-corrected chi connectivity index (χ4v) is 0.354. The Morgan fingerprint density at radius 2 is 1.62 bits per heavy atom. The maximum atomic E-state index is 2.21. The molecule has 0 aliphatic heterocycles. The Morgan fingerprint density at radius 3 is 1.62 bits per heavy atom. The van der Waals surface area contributed by atoms with Crippen LogP contribution >= 0.6 is 0 Å². The Labute approximate surface area is 74.4 Å². The van der Waals surface area contributed by atoms with E-state index in [9.17, 15) is 0 Å². The van der Waals surface area contributed by atoms with Crippen LogP contribution in [0.15, 0.2) is 0 Å². The molecule has 0 aromatic rings. The zero-order chi connectivity index (χ0) is 4.12. The molecule has 0 aromatic carbocycles. The number of rotatable bonds is 2. The second-order valence-electron chi connectivity index (χ2n) is 1.35. The van der Waals surface area contributed by atoms with Crippen molar-refractivity contribution < 1.29 is 11.0 Å². The second-order valence-corrected chi connectivity index (χ2v) is 1.35. The molecular formula is C4H16BNaO2. The van der Waals surface area contributed by atoms with Crippen LogP contribution in [-0.4, -0.2) is 48.4 Å². The van der Waals surface area contributed by atoms with Crippen LogP contribution in [0.3, 0.4) is 0 Å². The summed E-state index contributed by atoms with van der Waals surface area (Å²) < 4.78 is 0. The summed E-state index contributed by atoms with van der Waals surface area (Å²) in [6.07, 6.45) is 4.08. The molecule has 0 aliphatic carbocycles. The second kappa shape index (κ2) is 24.5. The third kappa shape index (κ3) is 28.1. The predicted molar refractivity (Wildman–Crippen MR) is 42.6 cm³/mol. The average Bonchev–Trinajstić information content (AvgIpc) is 1.41. The van der Waals surface area contributed by atoms with Crippen LogP contribution in [0.4, 0.5) is 0 Å². The Hall–Kier alpha value is 0.985. The van der Waals surface area contributed by atoms with E-state index in [1.807, 2.05) is 0 Å². The molecule has 4 heteroatoms. The van der Waals surface area contributed by atoms with E-state index in [2.05, 4.69) is 14.8 Å². The van der Waals surface area contributed by atoms with Crippen molar-refractivity contribution in [3.8, 4) is 0 Å². The number of hydrogen-bond donors (Lipinski definition) is 0. The summed E-state index contributed by atoms with van der Waals surface area (Å²) in [6.45, 7) is 2.21. The summed E-state index contributed by atoms with van der Waals surface area (Å²) in [5.74, 6) is 0. The van der Waals surface area contributed by atoms with Crippen LogP contribution in [0.1, 0.15) is 19.8 Å². The van der Waals surface area contributed by atoms with E-state index in [0.717, 1.165) is 0 Å². The minimum atomic E-state index is 0. The van der Waals surface area contributed by atoms with Crippen molar-refractivity contribution >= 4 is 37.4 Å². The molecule has 4 N–H and O–H groups in total. The molecule has 0 radical (unpaired) electrons. The standard InChI is InChI=1S/C4H11B.Na.2H2O.H/c1-2-3-4-5;;;;/h2-5H2,1H3;;2*1H2;. The van der Waals surface area contributed by atoms with E-state index in [1.165, 1.54) is 19.2 Å². The van der Waals surface area contributed by atoms with Crippen molar-refractivity contribution in [3.63, 3.8) is 0 Å². The van der Waals surface area contributed by atoms with Gasteiger partial charge in [-0.1, -0.05) is 26.1 Å². The zero-order valence-corrected chi connectivity index (χ0v) is 5.12. The molecule has 48 valence electrons. The molecule has 0 fully saturated rings. The van der Waals surface area contributed by atoms with Gasteiger partial charge in [-0.3, -0.25) is 0 Å². The summed E-state index contributed by atoms with van der Waals surface area (Å²) in [4.78, 5) is 0. The first-order chi connectivity index (χ1) is 2.41. The molecule has 0 aromatic heterocycles. The molecule has 0 rings (SSSR count). The molecule has 0 heterocycles. The Morgan fingerprint density at radius 1 is 1.25 bits per heavy atom. The third-order valence-corrected chi connectivity index (χ3v) is 0.707. The van der Waals surface area contributed by atoms with Gasteiger partial charge in [0, 0.05) is 0 Å². The van der Waals surface area contributed by atoms with Gasteiger partial charge in [0.05, 0.1) is 0 Å². The SMILES string of the molecule is BCCCC.O.O.[NaH]. The maximum absolute atomic E-state index is 2.21. The minimum absolute atomic E-state index is 0. The van der Waals surface area contributed by atoms with Crippen molar-refractivity contribution in [2.75, 3.05) is 0 Å². The Kier molecular flexibility index (Phi) is 70.7. The van der Waals surface area contributed by atoms with Gasteiger partial charge in [0.25, 0.3) is 0 Å². The zero-order valence-electron chi connectivity index (χ0n) is 5.12. The first kappa shape index (κ1) is 23.1. The van der Waals surface area contributed by atoms with E-state index in [1.54, 1.807) is 0 Å². The Balaban J connectivity index is -0.0000000267. The van der Waals surface area contributed by atoms with Gasteiger partial charge in [0.2, 0.25) is 0 Å². The number of unbranched alkanes of at least 4 members (excludes halogenated alkanes) is 1. The van der Waals surface area contributed by atoms with Crippen LogP contribution in [0.2, 0.25) is 6.32 Å². The monoisotopic (exact) mass is 130 g/mol. The topological polar surface area (TPSA) is 63.0 Å². The van der Waals surface area contributed by atoms with E-state index < -0.39 is 0 Å². The van der Waals surface area contributed by atoms with Crippen LogP contribution in [0.25, 0.3) is 0 Å². The molecule has 0 saturated heterocycles. The molecule has 0 amide bonds. The van der Waals surface area contributed by atoms with Crippen LogP contribution in [0.5, 0.6) is 0 Å². The molecule has 0 unspecified atom stereocenters. The summed E-state index contributed by atoms with van der Waals surface area (Å²) >= 11 is 0. The van der Waals surface area contributed by atoms with Crippen LogP contribution < -0.4 is 0 Å². The molecule has 0 bridgehead atoms. The third-order valence-electron chi connectivity index (χ3n) is 0.707. The normalized spacial score (nSPS) is 5.12. The van der Waals surface area contributed by atoms with Crippen molar-refractivity contribution in [1.29, 1.82) is 0 Å². The van der Waals surface area contributed by atoms with Crippen molar-refractivity contribution in [2.45, 2.75) is 26.1 Å². The average molecular weight is 130 g/mol. The molecule has 2 nitrogen and oxygen atoms in total. The quantitative estimate of drug-likeness (QED) is 0.410. The van der Waals surface area contributed by atoms with Gasteiger partial charge in [0.1, 0.15) is 7.85 Å². The van der Waals surface area contributed by atoms with E-state index >= 15 is 0 Å². The fraction of sp³-hybridized carbons (Fsp3) is 1.00. The van der Waals surface area contributed by atoms with Crippen molar-refractivity contribution in [2.24, 2.45) is 0 Å². The molecular weight excluding hydrogens is 114 g/mol. The summed E-state index contributed by atoms with van der Waals surface area (Å²) in [5.41, 5.74) is 0. The molecule has 0 saturated carbocycles. The molecule has 0 atom stereocenters. The molecule has 0 spiro atoms. The van der Waals surface area contributed by atoms with Gasteiger partial charge in [-0.15, -0.1) is 0 Å². The van der Waals surface area contributed by atoms with E-state index in [4.69, 9.17) is 0 Å². The first-order valence-electron chi connectivity index (χ1n) is 2.41. The van der Waals surface area contributed by atoms with Gasteiger partial charge in [-0.25, -0.2) is 0 Å². The predicted octanol–water partition coefficient (Wildman–Crippen LogP) is -1.46. The summed E-state index contributed by atoms with van der Waals surface area (Å²) in [5, 5.41) is 0. The van der Waals surface area contributed by atoms with E-state index in [0.29, 0.717) is 0 Å². The van der Waals surface area contributed by atoms with Gasteiger partial charge < -0.3 is 11.0 Å². The van der Waals surface area contributed by atoms with Gasteiger partial charge in [-0.2, -0.15) is 0 Å². The van der Waals surface area contributed by atoms with Gasteiger partial charge in [-0.05, 0) is 0 Å². The first-order valence-corrected chi connectivity index (χ1v) is 2.41. The van der Waals surface area contributed by atoms with Gasteiger partial charge in [0.15, 0.2) is 0 Å². The summed E-state index contributed by atoms with van der Waals surface area (Å²) in [6, 6.07) is 0. The van der Waals surface area contributed by atoms with Gasteiger partial charge >= 0.3 is 29.6 Å².